The van der Waals surface area contributed by atoms with Gasteiger partial charge in [-0.15, -0.1) is 0 Å². The van der Waals surface area contributed by atoms with Crippen LogP contribution in [0.5, 0.6) is 0 Å². The van der Waals surface area contributed by atoms with Crippen molar-refractivity contribution in [3.8, 4) is 0 Å². The van der Waals surface area contributed by atoms with Crippen molar-refractivity contribution >= 4 is 0 Å². The quantitative estimate of drug-likeness (QED) is 0.696. The van der Waals surface area contributed by atoms with Gasteiger partial charge in [0.1, 0.15) is 0 Å². The first kappa shape index (κ1) is 14.0. The Bertz CT molecular complexity index is 202. The number of hydrogen-bond acceptors (Lipinski definition) is 1. The van der Waals surface area contributed by atoms with Crippen LogP contribution in [0.1, 0.15) is 60.8 Å². The van der Waals surface area contributed by atoms with Crippen LogP contribution >= 0.6 is 0 Å². The Morgan fingerprint density at radius 3 is 2.31 bits per heavy atom. The number of nitrogens with zero attached hydrogens (tertiary/aromatic N) is 1. The van der Waals surface area contributed by atoms with Crippen LogP contribution in [-0.4, -0.2) is 23.5 Å². The zero-order chi connectivity index (χ0) is 12.3. The normalized spacial score (nSPS) is 26.1. The molecule has 1 nitrogen and oxygen atoms in total. The summed E-state index contributed by atoms with van der Waals surface area (Å²) < 4.78 is 0. The standard InChI is InChI=1S/C15H31N/c1-7-14(12(2)3)13-9-8-10-16(11-13)15(4,5)6/h12-14H,7-11H2,1-6H3. The Hall–Kier alpha value is -0.0400. The third kappa shape index (κ3) is 3.48. The summed E-state index contributed by atoms with van der Waals surface area (Å²) >= 11 is 0. The third-order valence-corrected chi connectivity index (χ3v) is 4.34. The van der Waals surface area contributed by atoms with Crippen molar-refractivity contribution in [1.82, 2.24) is 4.90 Å². The van der Waals surface area contributed by atoms with Crippen LogP contribution in [0.2, 0.25) is 0 Å². The third-order valence-electron chi connectivity index (χ3n) is 4.34. The van der Waals surface area contributed by atoms with E-state index >= 15 is 0 Å². The van der Waals surface area contributed by atoms with E-state index in [1.54, 1.807) is 0 Å². The van der Waals surface area contributed by atoms with Crippen LogP contribution in [0.15, 0.2) is 0 Å². The molecule has 16 heavy (non-hydrogen) atoms. The molecule has 0 N–H and O–H groups in total. The highest BCUT2D eigenvalue weighted by atomic mass is 15.2. The van der Waals surface area contributed by atoms with Crippen molar-refractivity contribution in [1.29, 1.82) is 0 Å². The molecule has 1 rings (SSSR count). The topological polar surface area (TPSA) is 3.24 Å². The summed E-state index contributed by atoms with van der Waals surface area (Å²) in [5.74, 6) is 2.69. The lowest BCUT2D eigenvalue weighted by molar-refractivity contribution is 0.0467. The molecule has 0 bridgehead atoms. The minimum atomic E-state index is 0.355. The Kier molecular flexibility index (Phi) is 4.85. The summed E-state index contributed by atoms with van der Waals surface area (Å²) in [6, 6.07) is 0. The zero-order valence-corrected chi connectivity index (χ0v) is 12.2. The molecule has 2 atom stereocenters. The number of rotatable bonds is 3. The average Bonchev–Trinajstić information content (AvgIpc) is 2.17. The fourth-order valence-electron chi connectivity index (χ4n) is 3.32. The van der Waals surface area contributed by atoms with E-state index in [9.17, 15) is 0 Å². The summed E-state index contributed by atoms with van der Waals surface area (Å²) in [5.41, 5.74) is 0.355. The molecule has 96 valence electrons. The molecule has 1 fully saturated rings. The van der Waals surface area contributed by atoms with Gasteiger partial charge in [0.15, 0.2) is 0 Å². The van der Waals surface area contributed by atoms with Gasteiger partial charge in [-0.25, -0.2) is 0 Å². The predicted octanol–water partition coefficient (Wildman–Crippen LogP) is 4.18. The molecule has 1 saturated heterocycles. The Labute approximate surface area is 103 Å². The zero-order valence-electron chi connectivity index (χ0n) is 12.2. The van der Waals surface area contributed by atoms with Gasteiger partial charge in [0.05, 0.1) is 0 Å². The lowest BCUT2D eigenvalue weighted by atomic mass is 9.76. The Morgan fingerprint density at radius 2 is 1.88 bits per heavy atom. The van der Waals surface area contributed by atoms with E-state index in [1.807, 2.05) is 0 Å². The monoisotopic (exact) mass is 225 g/mol. The SMILES string of the molecule is CCC(C(C)C)C1CCCN(C(C)(C)C)C1. The van der Waals surface area contributed by atoms with Gasteiger partial charge < -0.3 is 0 Å². The van der Waals surface area contributed by atoms with Crippen LogP contribution < -0.4 is 0 Å². The van der Waals surface area contributed by atoms with E-state index < -0.39 is 0 Å². The number of piperidine rings is 1. The van der Waals surface area contributed by atoms with Gasteiger partial charge >= 0.3 is 0 Å². The van der Waals surface area contributed by atoms with E-state index in [2.05, 4.69) is 46.4 Å². The van der Waals surface area contributed by atoms with Crippen molar-refractivity contribution in [2.24, 2.45) is 17.8 Å². The van der Waals surface area contributed by atoms with Gasteiger partial charge in [-0.05, 0) is 57.9 Å². The first-order valence-corrected chi connectivity index (χ1v) is 7.11. The molecule has 0 aliphatic carbocycles. The Morgan fingerprint density at radius 1 is 1.25 bits per heavy atom. The van der Waals surface area contributed by atoms with Gasteiger partial charge in [0.2, 0.25) is 0 Å². The van der Waals surface area contributed by atoms with Gasteiger partial charge in [0, 0.05) is 12.1 Å². The van der Waals surface area contributed by atoms with E-state index in [-0.39, 0.29) is 0 Å². The summed E-state index contributed by atoms with van der Waals surface area (Å²) in [5, 5.41) is 0. The van der Waals surface area contributed by atoms with Gasteiger partial charge in [-0.3, -0.25) is 4.90 Å². The highest BCUT2D eigenvalue weighted by Crippen LogP contribution is 2.33. The fourth-order valence-corrected chi connectivity index (χ4v) is 3.32. The molecule has 0 radical (unpaired) electrons. The van der Waals surface area contributed by atoms with Crippen molar-refractivity contribution in [2.75, 3.05) is 13.1 Å². The second kappa shape index (κ2) is 5.53. The molecular formula is C15H31N. The molecule has 0 saturated carbocycles. The molecule has 0 aromatic rings. The van der Waals surface area contributed by atoms with Crippen LogP contribution in [0, 0.1) is 17.8 Å². The van der Waals surface area contributed by atoms with Crippen molar-refractivity contribution in [3.63, 3.8) is 0 Å². The summed E-state index contributed by atoms with van der Waals surface area (Å²) in [4.78, 5) is 2.69. The fraction of sp³-hybridized carbons (Fsp3) is 1.00. The average molecular weight is 225 g/mol. The number of likely N-dealkylation sites (tertiary alicyclic amines) is 1. The van der Waals surface area contributed by atoms with Crippen LogP contribution in [0.4, 0.5) is 0 Å². The minimum absolute atomic E-state index is 0.355. The van der Waals surface area contributed by atoms with Crippen LogP contribution in [0.25, 0.3) is 0 Å². The molecule has 0 aromatic carbocycles. The van der Waals surface area contributed by atoms with Crippen molar-refractivity contribution < 1.29 is 0 Å². The molecule has 2 unspecified atom stereocenters. The second-order valence-electron chi connectivity index (χ2n) is 6.84. The van der Waals surface area contributed by atoms with E-state index in [0.717, 1.165) is 17.8 Å². The summed E-state index contributed by atoms with van der Waals surface area (Å²) in [6.45, 7) is 16.8. The highest BCUT2D eigenvalue weighted by Gasteiger charge is 2.32. The maximum Gasteiger partial charge on any atom is 0.0125 e. The number of hydrogen-bond donors (Lipinski definition) is 0. The predicted molar refractivity (Wildman–Crippen MR) is 72.7 cm³/mol. The maximum absolute atomic E-state index is 2.69. The highest BCUT2D eigenvalue weighted by molar-refractivity contribution is 4.85. The van der Waals surface area contributed by atoms with E-state index in [4.69, 9.17) is 0 Å². The molecule has 1 heterocycles. The smallest absolute Gasteiger partial charge is 0.0125 e. The first-order chi connectivity index (χ1) is 7.36. The van der Waals surface area contributed by atoms with Crippen LogP contribution in [0.3, 0.4) is 0 Å². The molecule has 0 spiro atoms. The summed E-state index contributed by atoms with van der Waals surface area (Å²) in [7, 11) is 0. The van der Waals surface area contributed by atoms with Gasteiger partial charge in [0.25, 0.3) is 0 Å². The Balaban J connectivity index is 2.62. The molecule has 0 amide bonds. The van der Waals surface area contributed by atoms with Gasteiger partial charge in [-0.2, -0.15) is 0 Å². The van der Waals surface area contributed by atoms with Crippen molar-refractivity contribution in [3.05, 3.63) is 0 Å². The van der Waals surface area contributed by atoms with E-state index in [1.165, 1.54) is 32.4 Å². The lowest BCUT2D eigenvalue weighted by Crippen LogP contribution is -2.49. The second-order valence-corrected chi connectivity index (χ2v) is 6.84. The maximum atomic E-state index is 2.69. The molecular weight excluding hydrogens is 194 g/mol. The molecule has 1 heteroatoms. The van der Waals surface area contributed by atoms with Crippen molar-refractivity contribution in [2.45, 2.75) is 66.3 Å². The molecule has 1 aliphatic heterocycles. The largest absolute Gasteiger partial charge is 0.298 e. The molecule has 0 aromatic heterocycles. The summed E-state index contributed by atoms with van der Waals surface area (Å²) in [6.07, 6.45) is 4.19. The van der Waals surface area contributed by atoms with Crippen LogP contribution in [-0.2, 0) is 0 Å². The lowest BCUT2D eigenvalue weighted by Gasteiger charge is -2.44. The first-order valence-electron chi connectivity index (χ1n) is 7.11. The molecule has 1 aliphatic rings. The van der Waals surface area contributed by atoms with E-state index in [0.29, 0.717) is 5.54 Å². The minimum Gasteiger partial charge on any atom is -0.298 e. The van der Waals surface area contributed by atoms with Gasteiger partial charge in [-0.1, -0.05) is 27.2 Å².